The van der Waals surface area contributed by atoms with Gasteiger partial charge in [-0.1, -0.05) is 37.8 Å². The van der Waals surface area contributed by atoms with Crippen LogP contribution < -0.4 is 128 Å². The number of thioether (sulfide) groups is 1. The zero-order valence-electron chi connectivity index (χ0n) is 40.1. The van der Waals surface area contributed by atoms with E-state index in [4.69, 9.17) is 0 Å². The predicted octanol–water partition coefficient (Wildman–Crippen LogP) is -6.23. The first-order chi connectivity index (χ1) is 30.7. The number of hydrogen-bond donors (Lipinski definition) is 0. The van der Waals surface area contributed by atoms with Crippen molar-refractivity contribution in [1.29, 1.82) is 0 Å². The number of hydrogen-bond acceptors (Lipinski definition) is 18. The van der Waals surface area contributed by atoms with Gasteiger partial charge in [-0.25, -0.2) is 33.7 Å². The number of benzene rings is 3. The molecule has 2 heterocycles. The maximum Gasteiger partial charge on any atom is 1.00 e. The molecule has 0 bridgehead atoms. The Labute approximate surface area is 507 Å². The van der Waals surface area contributed by atoms with E-state index in [0.717, 1.165) is 45.1 Å². The van der Waals surface area contributed by atoms with Gasteiger partial charge in [-0.3, -0.25) is 5.04 Å². The van der Waals surface area contributed by atoms with E-state index in [1.807, 2.05) is 69.0 Å². The first-order valence-corrected chi connectivity index (χ1v) is 28.0. The summed E-state index contributed by atoms with van der Waals surface area (Å²) in [5, 5.41) is 14.1. The van der Waals surface area contributed by atoms with Gasteiger partial charge in [0.1, 0.15) is 26.8 Å². The molecule has 0 unspecified atom stereocenters. The van der Waals surface area contributed by atoms with Crippen molar-refractivity contribution < 1.29 is 189 Å². The van der Waals surface area contributed by atoms with Gasteiger partial charge in [0.15, 0.2) is 5.71 Å². The number of allylic oxidation sites excluding steroid dienone is 7. The molecule has 27 heteroatoms. The van der Waals surface area contributed by atoms with Crippen molar-refractivity contribution >= 4 is 81.4 Å². The molecule has 2 aliphatic heterocycles. The molecule has 6 rings (SSSR count). The van der Waals surface area contributed by atoms with E-state index in [-0.39, 0.29) is 138 Å². The molecule has 358 valence electrons. The molecule has 3 aromatic rings. The maximum atomic E-state index is 12.1. The smallest absolute Gasteiger partial charge is 0.748 e. The average Bonchev–Trinajstić information content (AvgIpc) is 3.77. The molecule has 17 nitrogen and oxygen atoms in total. The van der Waals surface area contributed by atoms with Crippen LogP contribution in [0.25, 0.3) is 0 Å². The molecule has 0 saturated heterocycles. The number of rotatable bonds is 20. The fourth-order valence-corrected chi connectivity index (χ4v) is 12.0. The molecular formula is C43H46N2Na4O15S6. The van der Waals surface area contributed by atoms with Crippen LogP contribution in [0, 0.1) is 0 Å². The van der Waals surface area contributed by atoms with Crippen molar-refractivity contribution in [2.75, 3.05) is 29.5 Å². The minimum Gasteiger partial charge on any atom is -0.748 e. The van der Waals surface area contributed by atoms with Crippen LogP contribution in [-0.2, 0) is 60.7 Å². The molecular weight excluding hydrogens is 1070 g/mol. The maximum absolute atomic E-state index is 12.1. The van der Waals surface area contributed by atoms with Gasteiger partial charge in [-0.05, 0) is 123 Å². The standard InChI is InChI=1S/C43H50N2O15S6.4Na/c1-42(2)35-27-32(62-60-59-46)15-19-37(35)44(23-5-7-25-63(47,48)49)39(42)21-11-29-9-10-30(41(29)61-31-13-16-33(17-14-31)65(53,54)55)12-22-40-43(3,4)36-28-34(66(56,57)58)18-20-38(36)45(40)24-6-8-26-64(50,51)52;;;;/h11-22,27-28H,5-10,23-26H2,1-4H3,(H4-,46,47,48,49,50,51,52,53,54,55,56,57,58);;;;/q;4*+1/p-4. The van der Waals surface area contributed by atoms with E-state index in [1.165, 1.54) is 54.2 Å². The molecule has 70 heavy (non-hydrogen) atoms. The molecule has 0 N–H and O–H groups in total. The largest absolute Gasteiger partial charge is 1.00 e. The van der Waals surface area contributed by atoms with Crippen molar-refractivity contribution in [2.45, 2.75) is 96.6 Å². The minimum atomic E-state index is -4.81. The third kappa shape index (κ3) is 16.9. The summed E-state index contributed by atoms with van der Waals surface area (Å²) in [7, 11) is -18.4. The zero-order valence-corrected chi connectivity index (χ0v) is 53.0. The van der Waals surface area contributed by atoms with Gasteiger partial charge < -0.3 is 28.4 Å². The summed E-state index contributed by atoms with van der Waals surface area (Å²) < 4.78 is 147. The second-order valence-electron chi connectivity index (χ2n) is 16.9. The van der Waals surface area contributed by atoms with Gasteiger partial charge in [0.2, 0.25) is 5.69 Å². The molecule has 0 fully saturated rings. The summed E-state index contributed by atoms with van der Waals surface area (Å²) >= 11 is 2.09. The van der Waals surface area contributed by atoms with Gasteiger partial charge >= 0.3 is 118 Å². The number of nitrogens with zero attached hydrogens (tertiary/aromatic N) is 2. The van der Waals surface area contributed by atoms with Crippen molar-refractivity contribution in [2.24, 2.45) is 0 Å². The van der Waals surface area contributed by atoms with Gasteiger partial charge in [-0.2, -0.15) is 8.91 Å². The summed E-state index contributed by atoms with van der Waals surface area (Å²) in [4.78, 5) is 3.16. The second kappa shape index (κ2) is 27.1. The quantitative estimate of drug-likeness (QED) is 0.0194. The van der Waals surface area contributed by atoms with E-state index >= 15 is 0 Å². The molecule has 1 aliphatic carbocycles. The number of fused-ring (bicyclic) bond motifs is 2. The van der Waals surface area contributed by atoms with Crippen LogP contribution in [-0.4, -0.2) is 86.8 Å². The fourth-order valence-electron chi connectivity index (χ4n) is 8.45. The van der Waals surface area contributed by atoms with Crippen LogP contribution in [0.3, 0.4) is 0 Å². The molecule has 0 radical (unpaired) electrons. The monoisotopic (exact) mass is 1110 g/mol. The van der Waals surface area contributed by atoms with Crippen LogP contribution in [0.15, 0.2) is 126 Å². The Balaban J connectivity index is 0.00000420. The van der Waals surface area contributed by atoms with E-state index < -0.39 is 72.6 Å². The van der Waals surface area contributed by atoms with E-state index in [1.54, 1.807) is 6.07 Å². The first-order valence-electron chi connectivity index (χ1n) is 20.5. The fraction of sp³-hybridized carbons (Fsp3) is 0.372. The van der Waals surface area contributed by atoms with Crippen molar-refractivity contribution in [3.8, 4) is 0 Å². The van der Waals surface area contributed by atoms with Gasteiger partial charge in [-0.15, -0.1) is 0 Å². The van der Waals surface area contributed by atoms with Crippen LogP contribution in [0.4, 0.5) is 11.4 Å². The predicted molar refractivity (Wildman–Crippen MR) is 241 cm³/mol. The van der Waals surface area contributed by atoms with Crippen molar-refractivity contribution in [3.05, 3.63) is 118 Å². The third-order valence-electron chi connectivity index (χ3n) is 11.7. The Kier molecular flexibility index (Phi) is 25.7. The molecule has 3 aromatic carbocycles. The zero-order chi connectivity index (χ0) is 48.5. The van der Waals surface area contributed by atoms with Gasteiger partial charge in [0.25, 0.3) is 0 Å². The van der Waals surface area contributed by atoms with Crippen LogP contribution in [0.5, 0.6) is 0 Å². The number of unbranched alkanes of at least 4 members (excludes halogenated alkanes) is 2. The Bertz CT molecular complexity index is 3020. The Morgan fingerprint density at radius 1 is 0.671 bits per heavy atom. The van der Waals surface area contributed by atoms with Crippen LogP contribution in [0.2, 0.25) is 0 Å². The topological polar surface area (TPSA) is 277 Å². The molecule has 0 atom stereocenters. The number of anilines is 1. The van der Waals surface area contributed by atoms with Crippen molar-refractivity contribution in [3.63, 3.8) is 0 Å². The van der Waals surface area contributed by atoms with Gasteiger partial charge in [0.05, 0.1) is 47.5 Å². The minimum absolute atomic E-state index is 0. The summed E-state index contributed by atoms with van der Waals surface area (Å²) in [6.07, 6.45) is 9.75. The van der Waals surface area contributed by atoms with E-state index in [0.29, 0.717) is 59.0 Å². The average molecular weight is 1120 g/mol. The van der Waals surface area contributed by atoms with Gasteiger partial charge in [0, 0.05) is 73.7 Å². The first kappa shape index (κ1) is 66.4. The van der Waals surface area contributed by atoms with Crippen LogP contribution >= 0.6 is 23.8 Å². The van der Waals surface area contributed by atoms with Crippen molar-refractivity contribution in [1.82, 2.24) is 0 Å². The normalized spacial score (nSPS) is 17.6. The van der Waals surface area contributed by atoms with E-state index in [9.17, 15) is 57.1 Å². The van der Waals surface area contributed by atoms with E-state index in [2.05, 4.69) is 13.9 Å². The summed E-state index contributed by atoms with van der Waals surface area (Å²) in [5.41, 5.74) is 4.70. The molecule has 3 aliphatic rings. The summed E-state index contributed by atoms with van der Waals surface area (Å²) in [6, 6.07) is 15.1. The SMILES string of the molecule is CC1(C)C(C=CC2=C(Sc3ccc(S(=O)(=O)[O-])cc3)C(=C/C=C3/N(CCCCS(=O)(=O)[O-])c4ccc(S(=O)(=O)[O-])cc4C3(C)C)CC2)=[N+](CCCCS(=O)(=O)[O-])c2ccc(SOO[O-])cc21.[Na+].[Na+].[Na+].[Na+]. The molecule has 0 aromatic heterocycles. The Morgan fingerprint density at radius 3 is 1.84 bits per heavy atom. The third-order valence-corrected chi connectivity index (χ3v) is 16.8. The molecule has 0 saturated carbocycles. The molecule has 0 amide bonds. The Hall–Kier alpha value is 0.310. The Morgan fingerprint density at radius 2 is 1.26 bits per heavy atom. The summed E-state index contributed by atoms with van der Waals surface area (Å²) in [5.74, 6) is -1.07. The second-order valence-corrected chi connectivity index (χ2v) is 24.5. The van der Waals surface area contributed by atoms with Crippen LogP contribution in [0.1, 0.15) is 77.3 Å². The molecule has 0 spiro atoms. The summed E-state index contributed by atoms with van der Waals surface area (Å²) in [6.45, 7) is 8.40.